The van der Waals surface area contributed by atoms with Gasteiger partial charge < -0.3 is 0 Å². The molecule has 0 fully saturated rings. The fourth-order valence-corrected chi connectivity index (χ4v) is 4.24. The molecule has 0 saturated carbocycles. The smallest absolute Gasteiger partial charge is 0.259 e. The van der Waals surface area contributed by atoms with Gasteiger partial charge in [-0.2, -0.15) is 17.5 Å². The average Bonchev–Trinajstić information content (AvgIpc) is 2.69. The molecule has 28 heavy (non-hydrogen) atoms. The molecule has 0 saturated heterocycles. The van der Waals surface area contributed by atoms with Crippen LogP contribution < -0.4 is 0 Å². The zero-order valence-corrected chi connectivity index (χ0v) is 15.7. The lowest BCUT2D eigenvalue weighted by molar-refractivity contribution is -0.137. The van der Waals surface area contributed by atoms with E-state index < -0.39 is 32.7 Å². The van der Waals surface area contributed by atoms with Crippen LogP contribution in [-0.4, -0.2) is 24.8 Å². The molecule has 0 unspecified atom stereocenters. The molecule has 0 amide bonds. The summed E-state index contributed by atoms with van der Waals surface area (Å²) in [4.78, 5) is 3.83. The molecule has 146 valence electrons. The normalized spacial score (nSPS) is 13.5. The summed E-state index contributed by atoms with van der Waals surface area (Å²) >= 11 is 0. The molecule has 0 aliphatic rings. The molecular formula is C20H17F3N2O2S. The van der Waals surface area contributed by atoms with Gasteiger partial charge in [-0.1, -0.05) is 42.5 Å². The van der Waals surface area contributed by atoms with Crippen LogP contribution in [-0.2, 0) is 16.2 Å². The first kappa shape index (κ1) is 20.0. The second-order valence-corrected chi connectivity index (χ2v) is 8.11. The number of pyridine rings is 1. The van der Waals surface area contributed by atoms with E-state index in [1.54, 1.807) is 48.5 Å². The Morgan fingerprint density at radius 1 is 0.929 bits per heavy atom. The Balaban J connectivity index is 2.09. The summed E-state index contributed by atoms with van der Waals surface area (Å²) in [6.45, 7) is 0. The predicted molar refractivity (Wildman–Crippen MR) is 98.9 cm³/mol. The van der Waals surface area contributed by atoms with E-state index in [0.29, 0.717) is 17.3 Å². The first-order valence-corrected chi connectivity index (χ1v) is 9.76. The van der Waals surface area contributed by atoms with Crippen molar-refractivity contribution in [3.8, 4) is 0 Å². The first-order valence-electron chi connectivity index (χ1n) is 8.32. The molecule has 8 heteroatoms. The van der Waals surface area contributed by atoms with Crippen LogP contribution in [0.25, 0.3) is 0 Å². The first-order chi connectivity index (χ1) is 13.2. The average molecular weight is 406 g/mol. The van der Waals surface area contributed by atoms with Gasteiger partial charge in [0.15, 0.2) is 0 Å². The van der Waals surface area contributed by atoms with E-state index in [9.17, 15) is 21.6 Å². The Labute approximate surface area is 161 Å². The lowest BCUT2D eigenvalue weighted by Crippen LogP contribution is -2.32. The third-order valence-corrected chi connectivity index (χ3v) is 6.10. The van der Waals surface area contributed by atoms with Crippen molar-refractivity contribution in [2.24, 2.45) is 0 Å². The number of aromatic nitrogens is 1. The number of hydrogen-bond donors (Lipinski definition) is 0. The minimum absolute atomic E-state index is 0.429. The largest absolute Gasteiger partial charge is 0.416 e. The minimum atomic E-state index is -4.64. The summed E-state index contributed by atoms with van der Waals surface area (Å²) in [6, 6.07) is 16.8. The maximum absolute atomic E-state index is 13.1. The van der Waals surface area contributed by atoms with Gasteiger partial charge in [0.05, 0.1) is 22.2 Å². The maximum atomic E-state index is 13.1. The number of benzene rings is 2. The second kappa shape index (κ2) is 7.73. The molecule has 3 rings (SSSR count). The molecule has 1 atom stereocenters. The van der Waals surface area contributed by atoms with Crippen molar-refractivity contribution in [3.05, 3.63) is 95.8 Å². The van der Waals surface area contributed by atoms with E-state index in [4.69, 9.17) is 0 Å². The Kier molecular flexibility index (Phi) is 5.53. The molecule has 0 spiro atoms. The van der Waals surface area contributed by atoms with Crippen LogP contribution in [0, 0.1) is 0 Å². The van der Waals surface area contributed by atoms with Gasteiger partial charge >= 0.3 is 6.18 Å². The lowest BCUT2D eigenvalue weighted by atomic mass is 10.0. The highest BCUT2D eigenvalue weighted by Crippen LogP contribution is 2.34. The van der Waals surface area contributed by atoms with Crippen molar-refractivity contribution in [3.63, 3.8) is 0 Å². The Bertz CT molecular complexity index is 1000. The summed E-state index contributed by atoms with van der Waals surface area (Å²) < 4.78 is 66.4. The van der Waals surface area contributed by atoms with Crippen LogP contribution in [0.3, 0.4) is 0 Å². The summed E-state index contributed by atoms with van der Waals surface area (Å²) in [5.74, 6) is 0. The van der Waals surface area contributed by atoms with Crippen molar-refractivity contribution in [1.82, 2.24) is 9.29 Å². The van der Waals surface area contributed by atoms with Gasteiger partial charge in [-0.25, -0.2) is 8.42 Å². The van der Waals surface area contributed by atoms with Crippen LogP contribution in [0.5, 0.6) is 0 Å². The quantitative estimate of drug-likeness (QED) is 0.626. The van der Waals surface area contributed by atoms with Crippen molar-refractivity contribution in [2.45, 2.75) is 17.1 Å². The SMILES string of the molecule is CN([C@@H](c1ccccc1)c1ccccn1)S(=O)(=O)c1cccc(C(F)(F)F)c1. The van der Waals surface area contributed by atoms with Crippen molar-refractivity contribution in [2.75, 3.05) is 7.05 Å². The molecule has 0 aliphatic carbocycles. The third kappa shape index (κ3) is 4.07. The summed E-state index contributed by atoms with van der Waals surface area (Å²) in [6.07, 6.45) is -3.10. The maximum Gasteiger partial charge on any atom is 0.416 e. The fraction of sp³-hybridized carbons (Fsp3) is 0.150. The summed E-state index contributed by atoms with van der Waals surface area (Å²) in [5, 5.41) is 0. The van der Waals surface area contributed by atoms with Crippen LogP contribution in [0.4, 0.5) is 13.2 Å². The molecule has 0 bridgehead atoms. The van der Waals surface area contributed by atoms with Gasteiger partial charge in [-0.05, 0) is 35.9 Å². The summed E-state index contributed by atoms with van der Waals surface area (Å²) in [7, 11) is -2.89. The molecule has 0 N–H and O–H groups in total. The van der Waals surface area contributed by atoms with Crippen molar-refractivity contribution >= 4 is 10.0 Å². The number of halogens is 3. The zero-order chi connectivity index (χ0) is 20.4. The van der Waals surface area contributed by atoms with E-state index in [1.807, 2.05) is 0 Å². The highest BCUT2D eigenvalue weighted by molar-refractivity contribution is 7.89. The van der Waals surface area contributed by atoms with Crippen LogP contribution in [0.2, 0.25) is 0 Å². The molecule has 0 aliphatic heterocycles. The molecule has 1 heterocycles. The van der Waals surface area contributed by atoms with Gasteiger partial charge in [-0.3, -0.25) is 4.98 Å². The van der Waals surface area contributed by atoms with Crippen LogP contribution in [0.15, 0.2) is 83.9 Å². The second-order valence-electron chi connectivity index (χ2n) is 6.11. The topological polar surface area (TPSA) is 50.3 Å². The van der Waals surface area contributed by atoms with E-state index >= 15 is 0 Å². The zero-order valence-electron chi connectivity index (χ0n) is 14.8. The van der Waals surface area contributed by atoms with E-state index in [2.05, 4.69) is 4.98 Å². The predicted octanol–water partition coefficient (Wildman–Crippen LogP) is 4.51. The molecule has 0 radical (unpaired) electrons. The highest BCUT2D eigenvalue weighted by atomic mass is 32.2. The minimum Gasteiger partial charge on any atom is -0.259 e. The number of nitrogens with zero attached hydrogens (tertiary/aromatic N) is 2. The van der Waals surface area contributed by atoms with Gasteiger partial charge in [0, 0.05) is 13.2 Å². The molecule has 1 aromatic heterocycles. The molecule has 4 nitrogen and oxygen atoms in total. The lowest BCUT2D eigenvalue weighted by Gasteiger charge is -2.27. The van der Waals surface area contributed by atoms with E-state index in [0.717, 1.165) is 22.5 Å². The van der Waals surface area contributed by atoms with Crippen molar-refractivity contribution < 1.29 is 21.6 Å². The Hall–Kier alpha value is -2.71. The fourth-order valence-electron chi connectivity index (χ4n) is 2.88. The Morgan fingerprint density at radius 2 is 1.61 bits per heavy atom. The molecular weight excluding hydrogens is 389 g/mol. The van der Waals surface area contributed by atoms with Crippen LogP contribution >= 0.6 is 0 Å². The van der Waals surface area contributed by atoms with Crippen LogP contribution in [0.1, 0.15) is 22.9 Å². The van der Waals surface area contributed by atoms with E-state index in [-0.39, 0.29) is 0 Å². The standard InChI is InChI=1S/C20H17F3N2O2S/c1-25(28(26,27)17-11-7-10-16(14-17)20(21,22)23)19(15-8-3-2-4-9-15)18-12-5-6-13-24-18/h2-14,19H,1H3/t19-/m0/s1. The number of sulfonamides is 1. The van der Waals surface area contributed by atoms with Gasteiger partial charge in [0.25, 0.3) is 0 Å². The molecule has 2 aromatic carbocycles. The van der Waals surface area contributed by atoms with Gasteiger partial charge in [-0.15, -0.1) is 0 Å². The Morgan fingerprint density at radius 3 is 2.21 bits per heavy atom. The number of alkyl halides is 3. The number of rotatable bonds is 5. The summed E-state index contributed by atoms with van der Waals surface area (Å²) in [5.41, 5.74) is 0.0991. The molecule has 3 aromatic rings. The van der Waals surface area contributed by atoms with Gasteiger partial charge in [0.1, 0.15) is 0 Å². The highest BCUT2D eigenvalue weighted by Gasteiger charge is 2.35. The van der Waals surface area contributed by atoms with Crippen molar-refractivity contribution in [1.29, 1.82) is 0 Å². The number of hydrogen-bond acceptors (Lipinski definition) is 3. The van der Waals surface area contributed by atoms with E-state index in [1.165, 1.54) is 13.2 Å². The monoisotopic (exact) mass is 406 g/mol. The third-order valence-electron chi connectivity index (χ3n) is 4.29. The van der Waals surface area contributed by atoms with Gasteiger partial charge in [0.2, 0.25) is 10.0 Å².